The lowest BCUT2D eigenvalue weighted by Crippen LogP contribution is -1.99. The maximum Gasteiger partial charge on any atom is 0.128 e. The summed E-state index contributed by atoms with van der Waals surface area (Å²) in [5.74, 6) is 2.41. The molecule has 0 amide bonds. The predicted octanol–water partition coefficient (Wildman–Crippen LogP) is 6.03. The van der Waals surface area contributed by atoms with E-state index in [9.17, 15) is 0 Å². The molecule has 0 aliphatic carbocycles. The molecular weight excluding hydrogens is 252 g/mol. The second kappa shape index (κ2) is 11.5. The number of ether oxygens (including phenoxy) is 1. The fraction of sp³-hybridized carbons (Fsp3) is 0.765. The van der Waals surface area contributed by atoms with E-state index in [1.54, 1.807) is 18.9 Å². The van der Waals surface area contributed by atoms with Crippen molar-refractivity contribution in [3.05, 3.63) is 22.8 Å². The Labute approximate surface area is 124 Å². The lowest BCUT2D eigenvalue weighted by Gasteiger charge is -2.14. The fourth-order valence-corrected chi connectivity index (χ4v) is 2.66. The standard InChI is InChI=1S/C17H32OS/c1-7-9-10-15(8-2)13-17(19-6)16(18-5)12-11-14(3)4/h12-15H,7-11H2,1-6H3/b16-12-,17-13-. The molecule has 0 fully saturated rings. The van der Waals surface area contributed by atoms with E-state index in [4.69, 9.17) is 4.74 Å². The normalized spacial score (nSPS) is 14.9. The molecule has 1 unspecified atom stereocenters. The molecule has 1 atom stereocenters. The van der Waals surface area contributed by atoms with Crippen LogP contribution < -0.4 is 0 Å². The summed E-state index contributed by atoms with van der Waals surface area (Å²) in [5.41, 5.74) is 0. The van der Waals surface area contributed by atoms with Crippen LogP contribution in [0.3, 0.4) is 0 Å². The highest BCUT2D eigenvalue weighted by Gasteiger charge is 2.09. The van der Waals surface area contributed by atoms with Gasteiger partial charge in [-0.1, -0.05) is 46.6 Å². The van der Waals surface area contributed by atoms with E-state index >= 15 is 0 Å². The molecular formula is C17H32OS. The molecule has 0 N–H and O–H groups in total. The number of methoxy groups -OCH3 is 1. The third-order valence-electron chi connectivity index (χ3n) is 3.30. The van der Waals surface area contributed by atoms with Gasteiger partial charge in [0.1, 0.15) is 5.76 Å². The number of unbranched alkanes of at least 4 members (excludes halogenated alkanes) is 1. The second-order valence-corrected chi connectivity index (χ2v) is 6.30. The first-order valence-electron chi connectivity index (χ1n) is 7.59. The minimum atomic E-state index is 0.676. The molecule has 0 radical (unpaired) electrons. The summed E-state index contributed by atoms with van der Waals surface area (Å²) in [5, 5.41) is 0. The maximum atomic E-state index is 5.58. The molecule has 0 bridgehead atoms. The molecule has 0 aromatic carbocycles. The van der Waals surface area contributed by atoms with Crippen LogP contribution in [-0.4, -0.2) is 13.4 Å². The number of hydrogen-bond acceptors (Lipinski definition) is 2. The molecule has 2 heteroatoms. The highest BCUT2D eigenvalue weighted by Crippen LogP contribution is 2.27. The van der Waals surface area contributed by atoms with Crippen LogP contribution >= 0.6 is 11.8 Å². The first-order valence-corrected chi connectivity index (χ1v) is 8.81. The minimum absolute atomic E-state index is 0.676. The third-order valence-corrected chi connectivity index (χ3v) is 4.07. The van der Waals surface area contributed by atoms with Crippen molar-refractivity contribution in [2.45, 2.75) is 59.8 Å². The van der Waals surface area contributed by atoms with Crippen molar-refractivity contribution in [1.29, 1.82) is 0 Å². The Morgan fingerprint density at radius 3 is 2.37 bits per heavy atom. The van der Waals surface area contributed by atoms with Crippen molar-refractivity contribution in [1.82, 2.24) is 0 Å². The van der Waals surface area contributed by atoms with Gasteiger partial charge in [-0.2, -0.15) is 0 Å². The number of thioether (sulfide) groups is 1. The van der Waals surface area contributed by atoms with Crippen molar-refractivity contribution >= 4 is 11.8 Å². The predicted molar refractivity (Wildman–Crippen MR) is 89.5 cm³/mol. The van der Waals surface area contributed by atoms with Gasteiger partial charge in [0.05, 0.1) is 7.11 Å². The number of allylic oxidation sites excluding steroid dienone is 2. The van der Waals surface area contributed by atoms with Crippen LogP contribution in [-0.2, 0) is 4.74 Å². The SMILES string of the molecule is CCCCC(/C=C(SC)/C(=C/CC(C)C)OC)CC. The van der Waals surface area contributed by atoms with Crippen LogP contribution in [0.1, 0.15) is 59.8 Å². The zero-order chi connectivity index (χ0) is 14.7. The van der Waals surface area contributed by atoms with Crippen molar-refractivity contribution in [3.63, 3.8) is 0 Å². The van der Waals surface area contributed by atoms with E-state index in [2.05, 4.69) is 46.1 Å². The second-order valence-electron chi connectivity index (χ2n) is 5.45. The highest BCUT2D eigenvalue weighted by molar-refractivity contribution is 8.02. The summed E-state index contributed by atoms with van der Waals surface area (Å²) >= 11 is 1.80. The largest absolute Gasteiger partial charge is 0.496 e. The average Bonchev–Trinajstić information content (AvgIpc) is 2.41. The van der Waals surface area contributed by atoms with Crippen LogP contribution in [0.5, 0.6) is 0 Å². The van der Waals surface area contributed by atoms with Gasteiger partial charge in [-0.3, -0.25) is 0 Å². The van der Waals surface area contributed by atoms with Crippen molar-refractivity contribution in [2.24, 2.45) is 11.8 Å². The number of rotatable bonds is 10. The van der Waals surface area contributed by atoms with Gasteiger partial charge in [-0.05, 0) is 43.4 Å². The van der Waals surface area contributed by atoms with Gasteiger partial charge in [0.25, 0.3) is 0 Å². The quantitative estimate of drug-likeness (QED) is 0.358. The monoisotopic (exact) mass is 284 g/mol. The summed E-state index contributed by atoms with van der Waals surface area (Å²) in [6.45, 7) is 9.01. The van der Waals surface area contributed by atoms with Crippen LogP contribution in [0, 0.1) is 11.8 Å². The molecule has 0 aliphatic rings. The van der Waals surface area contributed by atoms with Crippen molar-refractivity contribution in [2.75, 3.05) is 13.4 Å². The van der Waals surface area contributed by atoms with Crippen LogP contribution in [0.15, 0.2) is 22.8 Å². The zero-order valence-electron chi connectivity index (χ0n) is 13.7. The molecule has 0 heterocycles. The first kappa shape index (κ1) is 18.6. The molecule has 0 saturated carbocycles. The van der Waals surface area contributed by atoms with E-state index in [1.165, 1.54) is 30.6 Å². The number of hydrogen-bond donors (Lipinski definition) is 0. The third kappa shape index (κ3) is 8.41. The Balaban J connectivity index is 4.85. The Hall–Kier alpha value is -0.370. The zero-order valence-corrected chi connectivity index (χ0v) is 14.5. The lowest BCUT2D eigenvalue weighted by atomic mass is 9.98. The first-order chi connectivity index (χ1) is 9.08. The van der Waals surface area contributed by atoms with Crippen molar-refractivity contribution in [3.8, 4) is 0 Å². The molecule has 0 saturated heterocycles. The maximum absolute atomic E-state index is 5.58. The summed E-state index contributed by atoms with van der Waals surface area (Å²) in [6.07, 6.45) is 13.0. The summed E-state index contributed by atoms with van der Waals surface area (Å²) in [4.78, 5) is 1.30. The van der Waals surface area contributed by atoms with Gasteiger partial charge >= 0.3 is 0 Å². The summed E-state index contributed by atoms with van der Waals surface area (Å²) < 4.78 is 5.58. The fourth-order valence-electron chi connectivity index (χ4n) is 1.96. The van der Waals surface area contributed by atoms with Gasteiger partial charge in [-0.25, -0.2) is 0 Å². The smallest absolute Gasteiger partial charge is 0.128 e. The summed E-state index contributed by atoms with van der Waals surface area (Å²) in [6, 6.07) is 0. The van der Waals surface area contributed by atoms with Gasteiger partial charge in [-0.15, -0.1) is 11.8 Å². The van der Waals surface area contributed by atoms with Gasteiger partial charge in [0, 0.05) is 4.91 Å². The van der Waals surface area contributed by atoms with Crippen molar-refractivity contribution < 1.29 is 4.74 Å². The topological polar surface area (TPSA) is 9.23 Å². The van der Waals surface area contributed by atoms with E-state index in [1.807, 2.05) is 0 Å². The molecule has 0 spiro atoms. The van der Waals surface area contributed by atoms with Crippen LogP contribution in [0.25, 0.3) is 0 Å². The molecule has 0 aromatic heterocycles. The molecule has 0 aromatic rings. The molecule has 1 nitrogen and oxygen atoms in total. The van der Waals surface area contributed by atoms with E-state index < -0.39 is 0 Å². The van der Waals surface area contributed by atoms with Gasteiger partial charge < -0.3 is 4.74 Å². The van der Waals surface area contributed by atoms with Crippen LogP contribution in [0.4, 0.5) is 0 Å². The van der Waals surface area contributed by atoms with Gasteiger partial charge in [0.2, 0.25) is 0 Å². The van der Waals surface area contributed by atoms with E-state index in [0.717, 1.165) is 12.2 Å². The molecule has 19 heavy (non-hydrogen) atoms. The Morgan fingerprint density at radius 2 is 1.95 bits per heavy atom. The Kier molecular flexibility index (Phi) is 11.2. The molecule has 0 rings (SSSR count). The summed E-state index contributed by atoms with van der Waals surface area (Å²) in [7, 11) is 1.78. The highest BCUT2D eigenvalue weighted by atomic mass is 32.2. The van der Waals surface area contributed by atoms with Crippen LogP contribution in [0.2, 0.25) is 0 Å². The lowest BCUT2D eigenvalue weighted by molar-refractivity contribution is 0.301. The average molecular weight is 285 g/mol. The van der Waals surface area contributed by atoms with Gasteiger partial charge in [0.15, 0.2) is 0 Å². The molecule has 112 valence electrons. The van der Waals surface area contributed by atoms with E-state index in [-0.39, 0.29) is 0 Å². The Bertz CT molecular complexity index is 279. The Morgan fingerprint density at radius 1 is 1.26 bits per heavy atom. The minimum Gasteiger partial charge on any atom is -0.496 e. The molecule has 0 aliphatic heterocycles. The van der Waals surface area contributed by atoms with E-state index in [0.29, 0.717) is 11.8 Å².